The molecule has 6 nitrogen and oxygen atoms in total. The lowest BCUT2D eigenvalue weighted by Gasteiger charge is -2.27. The highest BCUT2D eigenvalue weighted by Gasteiger charge is 2.32. The number of imidazole rings is 1. The van der Waals surface area contributed by atoms with Crippen molar-refractivity contribution in [3.8, 4) is 39.3 Å². The van der Waals surface area contributed by atoms with Crippen molar-refractivity contribution < 1.29 is 23.8 Å². The second-order valence-electron chi connectivity index (χ2n) is 13.0. The molecule has 6 rings (SSSR count). The molecular formula is C38H39FN2O4. The molecule has 5 aromatic rings. The van der Waals surface area contributed by atoms with E-state index in [0.717, 1.165) is 45.5 Å². The summed E-state index contributed by atoms with van der Waals surface area (Å²) in [6.45, 7) is 12.1. The second-order valence-corrected chi connectivity index (χ2v) is 13.0. The van der Waals surface area contributed by atoms with E-state index in [-0.39, 0.29) is 12.4 Å². The minimum atomic E-state index is -1.01. The average Bonchev–Trinajstić information content (AvgIpc) is 3.42. The summed E-state index contributed by atoms with van der Waals surface area (Å²) in [4.78, 5) is 18.0. The summed E-state index contributed by atoms with van der Waals surface area (Å²) in [5, 5.41) is 10.6. The maximum absolute atomic E-state index is 15.7. The second kappa shape index (κ2) is 11.8. The van der Waals surface area contributed by atoms with Crippen molar-refractivity contribution in [2.24, 2.45) is 0 Å². The molecule has 1 N–H and O–H groups in total. The summed E-state index contributed by atoms with van der Waals surface area (Å²) in [6.07, 6.45) is 5.34. The predicted octanol–water partition coefficient (Wildman–Crippen LogP) is 8.71. The fourth-order valence-corrected chi connectivity index (χ4v) is 6.40. The molecule has 0 bridgehead atoms. The van der Waals surface area contributed by atoms with Gasteiger partial charge in [0.15, 0.2) is 11.6 Å². The molecule has 0 aliphatic carbocycles. The van der Waals surface area contributed by atoms with Gasteiger partial charge in [-0.15, -0.1) is 0 Å². The Bertz CT molecular complexity index is 1940. The molecule has 0 saturated carbocycles. The number of carboxylic acids is 1. The Morgan fingerprint density at radius 3 is 2.51 bits per heavy atom. The van der Waals surface area contributed by atoms with Crippen LogP contribution in [0.3, 0.4) is 0 Å². The van der Waals surface area contributed by atoms with Crippen LogP contribution in [0.15, 0.2) is 67.0 Å². The smallest absolute Gasteiger partial charge is 0.313 e. The Kier molecular flexibility index (Phi) is 8.00. The van der Waals surface area contributed by atoms with Crippen molar-refractivity contribution in [2.45, 2.75) is 65.9 Å². The highest BCUT2D eigenvalue weighted by molar-refractivity contribution is 5.91. The van der Waals surface area contributed by atoms with Gasteiger partial charge >= 0.3 is 5.97 Å². The lowest BCUT2D eigenvalue weighted by molar-refractivity contribution is -0.141. The fraction of sp³-hybridized carbons (Fsp3) is 0.316. The molecule has 45 heavy (non-hydrogen) atoms. The summed E-state index contributed by atoms with van der Waals surface area (Å²) in [6, 6.07) is 18.0. The molecule has 1 unspecified atom stereocenters. The first-order valence-corrected chi connectivity index (χ1v) is 15.4. The zero-order valence-electron chi connectivity index (χ0n) is 26.7. The van der Waals surface area contributed by atoms with E-state index in [2.05, 4.69) is 31.2 Å². The third-order valence-electron chi connectivity index (χ3n) is 8.63. The fourth-order valence-electron chi connectivity index (χ4n) is 6.40. The maximum atomic E-state index is 15.7. The molecule has 0 spiro atoms. The van der Waals surface area contributed by atoms with Crippen LogP contribution in [0.1, 0.15) is 60.9 Å². The van der Waals surface area contributed by atoms with Crippen molar-refractivity contribution in [1.29, 1.82) is 0 Å². The molecule has 3 heterocycles. The van der Waals surface area contributed by atoms with Crippen LogP contribution in [0.25, 0.3) is 39.2 Å². The molecule has 0 saturated heterocycles. The van der Waals surface area contributed by atoms with Gasteiger partial charge in [-0.05, 0) is 105 Å². The number of halogens is 1. The van der Waals surface area contributed by atoms with Gasteiger partial charge in [0.25, 0.3) is 0 Å². The van der Waals surface area contributed by atoms with Crippen LogP contribution in [-0.4, -0.2) is 39.3 Å². The van der Waals surface area contributed by atoms with E-state index in [1.165, 1.54) is 11.6 Å². The van der Waals surface area contributed by atoms with Crippen molar-refractivity contribution in [2.75, 3.05) is 13.2 Å². The van der Waals surface area contributed by atoms with Gasteiger partial charge in [-0.2, -0.15) is 0 Å². The van der Waals surface area contributed by atoms with E-state index in [1.54, 1.807) is 0 Å². The molecule has 3 aromatic carbocycles. The number of rotatable bonds is 7. The molecule has 0 radical (unpaired) electrons. The summed E-state index contributed by atoms with van der Waals surface area (Å²) < 4.78 is 29.4. The van der Waals surface area contributed by atoms with Crippen LogP contribution in [-0.2, 0) is 16.0 Å². The first-order chi connectivity index (χ1) is 21.4. The number of nitrogens with zero attached hydrogens (tertiary/aromatic N) is 2. The molecular weight excluding hydrogens is 567 g/mol. The number of fused-ring (bicyclic) bond motifs is 2. The zero-order chi connectivity index (χ0) is 32.0. The number of aromatic nitrogens is 2. The monoisotopic (exact) mass is 606 g/mol. The number of carboxylic acid groups (broad SMARTS) is 1. The van der Waals surface area contributed by atoms with Gasteiger partial charge in [-0.1, -0.05) is 42.5 Å². The quantitative estimate of drug-likeness (QED) is 0.201. The van der Waals surface area contributed by atoms with Crippen molar-refractivity contribution in [3.05, 3.63) is 101 Å². The average molecular weight is 607 g/mol. The minimum absolute atomic E-state index is 0.0372. The van der Waals surface area contributed by atoms with Crippen LogP contribution >= 0.6 is 0 Å². The molecule has 0 fully saturated rings. The molecule has 2 aromatic heterocycles. The highest BCUT2D eigenvalue weighted by atomic mass is 19.1. The Morgan fingerprint density at radius 2 is 1.78 bits per heavy atom. The van der Waals surface area contributed by atoms with E-state index in [9.17, 15) is 9.90 Å². The maximum Gasteiger partial charge on any atom is 0.313 e. The molecule has 0 amide bonds. The zero-order valence-corrected chi connectivity index (χ0v) is 26.7. The third-order valence-corrected chi connectivity index (χ3v) is 8.63. The van der Waals surface area contributed by atoms with Crippen LogP contribution in [0.4, 0.5) is 4.39 Å². The van der Waals surface area contributed by atoms with E-state index >= 15 is 4.39 Å². The van der Waals surface area contributed by atoms with Gasteiger partial charge in [0.05, 0.1) is 24.5 Å². The number of hydrogen-bond donors (Lipinski definition) is 1. The third kappa shape index (κ3) is 5.85. The topological polar surface area (TPSA) is 73.1 Å². The number of ether oxygens (including phenoxy) is 2. The lowest BCUT2D eigenvalue weighted by atomic mass is 9.85. The summed E-state index contributed by atoms with van der Waals surface area (Å²) in [7, 11) is 0. The highest BCUT2D eigenvalue weighted by Crippen LogP contribution is 2.43. The van der Waals surface area contributed by atoms with Crippen molar-refractivity contribution in [1.82, 2.24) is 9.38 Å². The van der Waals surface area contributed by atoms with Crippen LogP contribution < -0.4 is 4.74 Å². The standard InChI is InChI=1S/C38H39FN2O4/c1-22-11-7-8-14-27(22)25-12-9-13-26(17-25)32-20-41-19-23(2)33(30(37(42)43)21-45-38(4,5)6)34(36(41)40-32)29-18-31(39)35-28(24(29)3)15-10-16-44-35/h7-9,11-14,17-20,30H,10,15-16,21H2,1-6H3,(H,42,43). The first kappa shape index (κ1) is 30.5. The van der Waals surface area contributed by atoms with Gasteiger partial charge in [0.1, 0.15) is 11.6 Å². The molecule has 1 aliphatic rings. The normalized spacial score (nSPS) is 13.8. The number of hydrogen-bond acceptors (Lipinski definition) is 4. The molecule has 1 aliphatic heterocycles. The van der Waals surface area contributed by atoms with E-state index in [4.69, 9.17) is 14.5 Å². The number of carbonyl (C=O) groups is 1. The van der Waals surface area contributed by atoms with Gasteiger partial charge in [0, 0.05) is 29.1 Å². The van der Waals surface area contributed by atoms with E-state index < -0.39 is 23.3 Å². The molecule has 232 valence electrons. The van der Waals surface area contributed by atoms with Crippen LogP contribution in [0, 0.1) is 26.6 Å². The SMILES string of the molecule is Cc1ccccc1-c1cccc(-c2cn3cc(C)c(C(COC(C)(C)C)C(=O)O)c(-c4cc(F)c5c(c4C)CCCO5)c3n2)c1. The number of aliphatic carboxylic acids is 1. The Balaban J connectivity index is 1.61. The van der Waals surface area contributed by atoms with Crippen molar-refractivity contribution >= 4 is 11.6 Å². The number of benzene rings is 3. The number of pyridine rings is 1. The molecule has 7 heteroatoms. The van der Waals surface area contributed by atoms with Crippen molar-refractivity contribution in [3.63, 3.8) is 0 Å². The first-order valence-electron chi connectivity index (χ1n) is 15.4. The van der Waals surface area contributed by atoms with Crippen LogP contribution in [0.2, 0.25) is 0 Å². The van der Waals surface area contributed by atoms with Gasteiger partial charge in [0.2, 0.25) is 0 Å². The Hall–Kier alpha value is -4.49. The summed E-state index contributed by atoms with van der Waals surface area (Å²) in [5.74, 6) is -2.17. The molecule has 1 atom stereocenters. The summed E-state index contributed by atoms with van der Waals surface area (Å²) in [5.41, 5.74) is 9.33. The van der Waals surface area contributed by atoms with Gasteiger partial charge in [-0.3, -0.25) is 4.79 Å². The Labute approximate surface area is 263 Å². The minimum Gasteiger partial charge on any atom is -0.490 e. The Morgan fingerprint density at radius 1 is 1.02 bits per heavy atom. The van der Waals surface area contributed by atoms with E-state index in [0.29, 0.717) is 35.4 Å². The van der Waals surface area contributed by atoms with Gasteiger partial charge in [-0.25, -0.2) is 9.37 Å². The lowest BCUT2D eigenvalue weighted by Crippen LogP contribution is -2.27. The predicted molar refractivity (Wildman–Crippen MR) is 176 cm³/mol. The van der Waals surface area contributed by atoms with Crippen LogP contribution in [0.5, 0.6) is 5.75 Å². The largest absolute Gasteiger partial charge is 0.490 e. The van der Waals surface area contributed by atoms with E-state index in [1.807, 2.05) is 75.7 Å². The number of aryl methyl sites for hydroxylation is 2. The van der Waals surface area contributed by atoms with Gasteiger partial charge < -0.3 is 19.0 Å². The summed E-state index contributed by atoms with van der Waals surface area (Å²) >= 11 is 0.